The van der Waals surface area contributed by atoms with Crippen LogP contribution in [0.3, 0.4) is 0 Å². The molecule has 0 saturated carbocycles. The summed E-state index contributed by atoms with van der Waals surface area (Å²) in [6.07, 6.45) is 1.95. The van der Waals surface area contributed by atoms with Gasteiger partial charge < -0.3 is 10.1 Å². The van der Waals surface area contributed by atoms with E-state index in [1.807, 2.05) is 36.5 Å². The zero-order valence-corrected chi connectivity index (χ0v) is 15.4. The van der Waals surface area contributed by atoms with Crippen molar-refractivity contribution in [1.29, 1.82) is 0 Å². The number of ether oxygens (including phenoxy) is 1. The van der Waals surface area contributed by atoms with E-state index in [0.29, 0.717) is 24.4 Å². The molecule has 0 unspecified atom stereocenters. The second-order valence-corrected chi connectivity index (χ2v) is 6.11. The molecule has 2 aromatic carbocycles. The predicted molar refractivity (Wildman–Crippen MR) is 104 cm³/mol. The number of nitrogens with zero attached hydrogens (tertiary/aromatic N) is 3. The third-order valence-electron chi connectivity index (χ3n) is 4.14. The van der Waals surface area contributed by atoms with E-state index in [1.165, 1.54) is 12.1 Å². The Bertz CT molecular complexity index is 952. The van der Waals surface area contributed by atoms with Gasteiger partial charge in [-0.1, -0.05) is 18.2 Å². The van der Waals surface area contributed by atoms with Crippen molar-refractivity contribution in [3.63, 3.8) is 0 Å². The minimum Gasteiger partial charge on any atom is -0.383 e. The van der Waals surface area contributed by atoms with Crippen LogP contribution in [0.25, 0.3) is 16.9 Å². The maximum Gasteiger partial charge on any atom is 0.269 e. The Kier molecular flexibility index (Phi) is 6.13. The lowest BCUT2D eigenvalue weighted by atomic mass is 10.1. The molecule has 8 heteroatoms. The largest absolute Gasteiger partial charge is 0.383 e. The summed E-state index contributed by atoms with van der Waals surface area (Å²) in [7, 11) is 1.57. The highest BCUT2D eigenvalue weighted by molar-refractivity contribution is 5.81. The fourth-order valence-corrected chi connectivity index (χ4v) is 2.76. The van der Waals surface area contributed by atoms with Crippen molar-refractivity contribution in [2.24, 2.45) is 0 Å². The van der Waals surface area contributed by atoms with Crippen molar-refractivity contribution >= 4 is 11.6 Å². The van der Waals surface area contributed by atoms with Crippen molar-refractivity contribution in [3.8, 4) is 16.9 Å². The molecule has 0 bridgehead atoms. The van der Waals surface area contributed by atoms with Gasteiger partial charge in [0, 0.05) is 43.1 Å². The molecule has 0 aliphatic heterocycles. The molecule has 0 aliphatic rings. The van der Waals surface area contributed by atoms with Crippen LogP contribution in [0, 0.1) is 10.1 Å². The number of rotatable bonds is 8. The van der Waals surface area contributed by atoms with E-state index < -0.39 is 4.92 Å². The van der Waals surface area contributed by atoms with Crippen LogP contribution in [0.15, 0.2) is 60.8 Å². The lowest BCUT2D eigenvalue weighted by molar-refractivity contribution is -0.384. The molecule has 3 rings (SSSR count). The highest BCUT2D eigenvalue weighted by Gasteiger charge is 2.16. The number of carbonyl (C=O) groups excluding carboxylic acids is 1. The molecule has 1 amide bonds. The molecule has 0 fully saturated rings. The summed E-state index contributed by atoms with van der Waals surface area (Å²) in [5.74, 6) is -0.146. The Morgan fingerprint density at radius 3 is 2.54 bits per heavy atom. The Morgan fingerprint density at radius 2 is 1.89 bits per heavy atom. The van der Waals surface area contributed by atoms with E-state index in [9.17, 15) is 14.9 Å². The van der Waals surface area contributed by atoms with Crippen molar-refractivity contribution in [1.82, 2.24) is 15.1 Å². The van der Waals surface area contributed by atoms with Crippen LogP contribution in [-0.4, -0.2) is 40.9 Å². The van der Waals surface area contributed by atoms with Crippen molar-refractivity contribution < 1.29 is 14.5 Å². The minimum atomic E-state index is -0.448. The summed E-state index contributed by atoms with van der Waals surface area (Å²) < 4.78 is 6.64. The Hall–Kier alpha value is -3.52. The molecule has 0 aliphatic carbocycles. The maximum atomic E-state index is 12.3. The normalized spacial score (nSPS) is 10.6. The maximum absolute atomic E-state index is 12.3. The number of methoxy groups -OCH3 is 1. The van der Waals surface area contributed by atoms with Crippen molar-refractivity contribution in [2.75, 3.05) is 20.3 Å². The molecule has 144 valence electrons. The number of amides is 1. The van der Waals surface area contributed by atoms with Gasteiger partial charge in [-0.3, -0.25) is 14.9 Å². The van der Waals surface area contributed by atoms with E-state index in [-0.39, 0.29) is 18.0 Å². The van der Waals surface area contributed by atoms with Gasteiger partial charge in [0.2, 0.25) is 5.91 Å². The van der Waals surface area contributed by atoms with Gasteiger partial charge in [-0.05, 0) is 24.3 Å². The summed E-state index contributed by atoms with van der Waals surface area (Å²) in [6.45, 7) is 0.860. The second-order valence-electron chi connectivity index (χ2n) is 6.11. The Balaban J connectivity index is 1.93. The smallest absolute Gasteiger partial charge is 0.269 e. The average Bonchev–Trinajstić information content (AvgIpc) is 3.12. The molecule has 3 aromatic rings. The third-order valence-corrected chi connectivity index (χ3v) is 4.14. The SMILES string of the molecule is COCCNC(=O)Cc1cn(-c2ccccc2)nc1-c1ccc([N+](=O)[O-])cc1. The molecule has 0 atom stereocenters. The van der Waals surface area contributed by atoms with Crippen LogP contribution in [0.5, 0.6) is 0 Å². The summed E-state index contributed by atoms with van der Waals surface area (Å²) in [5, 5.41) is 18.3. The molecular formula is C20H20N4O4. The van der Waals surface area contributed by atoms with Gasteiger partial charge in [0.25, 0.3) is 5.69 Å². The Labute approximate surface area is 161 Å². The van der Waals surface area contributed by atoms with E-state index in [4.69, 9.17) is 4.74 Å². The lowest BCUT2D eigenvalue weighted by Crippen LogP contribution is -2.28. The first-order valence-corrected chi connectivity index (χ1v) is 8.73. The number of carbonyl (C=O) groups is 1. The van der Waals surface area contributed by atoms with Crippen LogP contribution in [-0.2, 0) is 16.0 Å². The van der Waals surface area contributed by atoms with Gasteiger partial charge in [-0.15, -0.1) is 0 Å². The monoisotopic (exact) mass is 380 g/mol. The molecule has 28 heavy (non-hydrogen) atoms. The zero-order chi connectivity index (χ0) is 19.9. The number of nitro groups is 1. The summed E-state index contributed by atoms with van der Waals surface area (Å²) in [5.41, 5.74) is 2.91. The van der Waals surface area contributed by atoms with E-state index in [2.05, 4.69) is 10.4 Å². The standard InChI is InChI=1S/C20H20N4O4/c1-28-12-11-21-19(25)13-16-14-23(17-5-3-2-4-6-17)22-20(16)15-7-9-18(10-8-15)24(26)27/h2-10,14H,11-13H2,1H3,(H,21,25). The summed E-state index contributed by atoms with van der Waals surface area (Å²) in [6, 6.07) is 15.7. The molecule has 1 N–H and O–H groups in total. The predicted octanol–water partition coefficient (Wildman–Crippen LogP) is 2.75. The summed E-state index contributed by atoms with van der Waals surface area (Å²) >= 11 is 0. The summed E-state index contributed by atoms with van der Waals surface area (Å²) in [4.78, 5) is 22.7. The van der Waals surface area contributed by atoms with Gasteiger partial charge in [-0.2, -0.15) is 5.10 Å². The number of nitrogens with one attached hydrogen (secondary N) is 1. The average molecular weight is 380 g/mol. The van der Waals surface area contributed by atoms with Crippen LogP contribution in [0.2, 0.25) is 0 Å². The molecule has 0 spiro atoms. The van der Waals surface area contributed by atoms with Crippen molar-refractivity contribution in [2.45, 2.75) is 6.42 Å². The molecule has 0 saturated heterocycles. The fraction of sp³-hybridized carbons (Fsp3) is 0.200. The lowest BCUT2D eigenvalue weighted by Gasteiger charge is -2.05. The van der Waals surface area contributed by atoms with E-state index in [1.54, 1.807) is 23.9 Å². The van der Waals surface area contributed by atoms with Gasteiger partial charge >= 0.3 is 0 Å². The zero-order valence-electron chi connectivity index (χ0n) is 15.4. The first kappa shape index (κ1) is 19.2. The number of hydrogen-bond donors (Lipinski definition) is 1. The first-order chi connectivity index (χ1) is 13.6. The first-order valence-electron chi connectivity index (χ1n) is 8.73. The molecule has 1 heterocycles. The van der Waals surface area contributed by atoms with Gasteiger partial charge in [0.05, 0.1) is 29.3 Å². The Morgan fingerprint density at radius 1 is 1.18 bits per heavy atom. The molecule has 8 nitrogen and oxygen atoms in total. The second kappa shape index (κ2) is 8.92. The highest BCUT2D eigenvalue weighted by Crippen LogP contribution is 2.26. The minimum absolute atomic E-state index is 0.00472. The number of benzene rings is 2. The quantitative estimate of drug-likeness (QED) is 0.368. The number of hydrogen-bond acceptors (Lipinski definition) is 5. The van der Waals surface area contributed by atoms with Gasteiger partial charge in [-0.25, -0.2) is 4.68 Å². The van der Waals surface area contributed by atoms with Crippen molar-refractivity contribution in [3.05, 3.63) is 76.5 Å². The van der Waals surface area contributed by atoms with Crippen LogP contribution in [0.1, 0.15) is 5.56 Å². The fourth-order valence-electron chi connectivity index (χ4n) is 2.76. The van der Waals surface area contributed by atoms with Gasteiger partial charge in [0.1, 0.15) is 0 Å². The van der Waals surface area contributed by atoms with Crippen LogP contribution >= 0.6 is 0 Å². The number of nitro benzene ring substituents is 1. The number of para-hydroxylation sites is 1. The number of aromatic nitrogens is 2. The molecular weight excluding hydrogens is 360 g/mol. The van der Waals surface area contributed by atoms with E-state index in [0.717, 1.165) is 11.3 Å². The number of non-ortho nitro benzene ring substituents is 1. The molecule has 1 aromatic heterocycles. The van der Waals surface area contributed by atoms with E-state index >= 15 is 0 Å². The topological polar surface area (TPSA) is 99.3 Å². The highest BCUT2D eigenvalue weighted by atomic mass is 16.6. The third kappa shape index (κ3) is 4.60. The molecule has 0 radical (unpaired) electrons. The van der Waals surface area contributed by atoms with Gasteiger partial charge in [0.15, 0.2) is 0 Å². The van der Waals surface area contributed by atoms with Crippen LogP contribution in [0.4, 0.5) is 5.69 Å². The van der Waals surface area contributed by atoms with Crippen LogP contribution < -0.4 is 5.32 Å².